The number of benzene rings is 1. The van der Waals surface area contributed by atoms with Gasteiger partial charge < -0.3 is 9.47 Å². The van der Waals surface area contributed by atoms with Crippen molar-refractivity contribution in [2.45, 2.75) is 12.8 Å². The zero-order valence-electron chi connectivity index (χ0n) is 9.22. The van der Waals surface area contributed by atoms with E-state index in [2.05, 4.69) is 0 Å². The molecule has 2 rings (SSSR count). The molecule has 0 N–H and O–H groups in total. The fraction of sp³-hybridized carbons (Fsp3) is 0.462. The molecule has 0 spiro atoms. The quantitative estimate of drug-likeness (QED) is 0.726. The molecule has 1 fully saturated rings. The normalized spacial score (nSPS) is 19.6. The summed E-state index contributed by atoms with van der Waals surface area (Å²) in [6.45, 7) is 1.65. The van der Waals surface area contributed by atoms with Gasteiger partial charge in [0.05, 0.1) is 19.1 Å². The molecule has 86 valence electrons. The SMILES string of the molecule is O=C(OCCc1ccccc1)[C@@H]1CCOC1. The number of rotatable bonds is 4. The maximum absolute atomic E-state index is 11.5. The molecular formula is C13H16O3. The zero-order valence-corrected chi connectivity index (χ0v) is 9.22. The monoisotopic (exact) mass is 220 g/mol. The van der Waals surface area contributed by atoms with E-state index in [1.807, 2.05) is 30.3 Å². The summed E-state index contributed by atoms with van der Waals surface area (Å²) < 4.78 is 10.4. The highest BCUT2D eigenvalue weighted by Gasteiger charge is 2.24. The third kappa shape index (κ3) is 3.07. The Morgan fingerprint density at radius 2 is 2.19 bits per heavy atom. The van der Waals surface area contributed by atoms with E-state index in [1.54, 1.807) is 0 Å². The number of ether oxygens (including phenoxy) is 2. The Hall–Kier alpha value is -1.35. The summed E-state index contributed by atoms with van der Waals surface area (Å²) in [6.07, 6.45) is 1.57. The minimum atomic E-state index is -0.117. The second kappa shape index (κ2) is 5.66. The lowest BCUT2D eigenvalue weighted by atomic mass is 10.1. The van der Waals surface area contributed by atoms with Gasteiger partial charge in [-0.1, -0.05) is 30.3 Å². The van der Waals surface area contributed by atoms with Crippen molar-refractivity contribution in [1.82, 2.24) is 0 Å². The first-order valence-corrected chi connectivity index (χ1v) is 5.64. The summed E-state index contributed by atoms with van der Waals surface area (Å²) in [7, 11) is 0. The minimum Gasteiger partial charge on any atom is -0.465 e. The van der Waals surface area contributed by atoms with Crippen molar-refractivity contribution < 1.29 is 14.3 Å². The van der Waals surface area contributed by atoms with Gasteiger partial charge in [0.15, 0.2) is 0 Å². The van der Waals surface area contributed by atoms with Crippen molar-refractivity contribution in [2.75, 3.05) is 19.8 Å². The van der Waals surface area contributed by atoms with Gasteiger partial charge in [0, 0.05) is 13.0 Å². The van der Waals surface area contributed by atoms with Crippen molar-refractivity contribution in [3.05, 3.63) is 35.9 Å². The lowest BCUT2D eigenvalue weighted by Crippen LogP contribution is -2.18. The second-order valence-electron chi connectivity index (χ2n) is 3.96. The molecule has 3 heteroatoms. The summed E-state index contributed by atoms with van der Waals surface area (Å²) in [5.74, 6) is -0.163. The van der Waals surface area contributed by atoms with E-state index in [4.69, 9.17) is 9.47 Å². The van der Waals surface area contributed by atoms with Crippen molar-refractivity contribution in [1.29, 1.82) is 0 Å². The average Bonchev–Trinajstić information content (AvgIpc) is 2.84. The summed E-state index contributed by atoms with van der Waals surface area (Å²) in [4.78, 5) is 11.5. The van der Waals surface area contributed by atoms with Gasteiger partial charge in [0.25, 0.3) is 0 Å². The van der Waals surface area contributed by atoms with Gasteiger partial charge in [-0.3, -0.25) is 4.79 Å². The Morgan fingerprint density at radius 1 is 1.38 bits per heavy atom. The van der Waals surface area contributed by atoms with Crippen LogP contribution in [0, 0.1) is 5.92 Å². The molecule has 1 atom stereocenters. The van der Waals surface area contributed by atoms with E-state index < -0.39 is 0 Å². The van der Waals surface area contributed by atoms with E-state index in [9.17, 15) is 4.79 Å². The molecular weight excluding hydrogens is 204 g/mol. The van der Waals surface area contributed by atoms with E-state index >= 15 is 0 Å². The predicted molar refractivity (Wildman–Crippen MR) is 60.0 cm³/mol. The van der Waals surface area contributed by atoms with Crippen molar-refractivity contribution in [2.24, 2.45) is 5.92 Å². The van der Waals surface area contributed by atoms with Crippen LogP contribution in [-0.2, 0) is 20.7 Å². The Bertz CT molecular complexity index is 328. The summed E-state index contributed by atoms with van der Waals surface area (Å²) >= 11 is 0. The standard InChI is InChI=1S/C13H16O3/c14-13(12-7-8-15-10-12)16-9-6-11-4-2-1-3-5-11/h1-5,12H,6-10H2/t12-/m1/s1. The van der Waals surface area contributed by atoms with Crippen LogP contribution < -0.4 is 0 Å². The molecule has 1 heterocycles. The molecule has 0 saturated carbocycles. The molecule has 1 aliphatic rings. The van der Waals surface area contributed by atoms with Gasteiger partial charge in [-0.2, -0.15) is 0 Å². The summed E-state index contributed by atoms with van der Waals surface area (Å²) in [5, 5.41) is 0. The van der Waals surface area contributed by atoms with Crippen LogP contribution in [0.2, 0.25) is 0 Å². The molecule has 1 aromatic carbocycles. The average molecular weight is 220 g/mol. The highest BCUT2D eigenvalue weighted by molar-refractivity contribution is 5.72. The largest absolute Gasteiger partial charge is 0.465 e. The molecule has 16 heavy (non-hydrogen) atoms. The number of carbonyl (C=O) groups is 1. The van der Waals surface area contributed by atoms with Crippen molar-refractivity contribution >= 4 is 5.97 Å². The zero-order chi connectivity index (χ0) is 11.2. The first kappa shape index (κ1) is 11.1. The van der Waals surface area contributed by atoms with Crippen LogP contribution in [0.5, 0.6) is 0 Å². The molecule has 3 nitrogen and oxygen atoms in total. The van der Waals surface area contributed by atoms with Crippen LogP contribution in [0.3, 0.4) is 0 Å². The first-order valence-electron chi connectivity index (χ1n) is 5.64. The highest BCUT2D eigenvalue weighted by atomic mass is 16.5. The van der Waals surface area contributed by atoms with E-state index in [1.165, 1.54) is 5.56 Å². The fourth-order valence-electron chi connectivity index (χ4n) is 1.75. The van der Waals surface area contributed by atoms with Gasteiger partial charge >= 0.3 is 5.97 Å². The Balaban J connectivity index is 1.70. The third-order valence-electron chi connectivity index (χ3n) is 2.74. The molecule has 0 unspecified atom stereocenters. The van der Waals surface area contributed by atoms with E-state index in [0.29, 0.717) is 19.8 Å². The molecule has 1 saturated heterocycles. The second-order valence-corrected chi connectivity index (χ2v) is 3.96. The molecule has 0 bridgehead atoms. The van der Waals surface area contributed by atoms with Gasteiger partial charge in [-0.25, -0.2) is 0 Å². The lowest BCUT2D eigenvalue weighted by Gasteiger charge is -2.08. The van der Waals surface area contributed by atoms with Crippen LogP contribution in [0.4, 0.5) is 0 Å². The van der Waals surface area contributed by atoms with Crippen LogP contribution in [-0.4, -0.2) is 25.8 Å². The van der Waals surface area contributed by atoms with Crippen LogP contribution in [0.1, 0.15) is 12.0 Å². The molecule has 1 aromatic rings. The molecule has 0 aliphatic carbocycles. The Labute approximate surface area is 95.4 Å². The smallest absolute Gasteiger partial charge is 0.311 e. The molecule has 0 aromatic heterocycles. The van der Waals surface area contributed by atoms with Crippen LogP contribution in [0.25, 0.3) is 0 Å². The number of esters is 1. The maximum Gasteiger partial charge on any atom is 0.311 e. The van der Waals surface area contributed by atoms with Crippen LogP contribution in [0.15, 0.2) is 30.3 Å². The maximum atomic E-state index is 11.5. The topological polar surface area (TPSA) is 35.5 Å². The fourth-order valence-corrected chi connectivity index (χ4v) is 1.75. The summed E-state index contributed by atoms with van der Waals surface area (Å²) in [5.41, 5.74) is 1.19. The highest BCUT2D eigenvalue weighted by Crippen LogP contribution is 2.14. The van der Waals surface area contributed by atoms with Crippen LogP contribution >= 0.6 is 0 Å². The Kier molecular flexibility index (Phi) is 3.94. The minimum absolute atomic E-state index is 0.0456. The first-order chi connectivity index (χ1) is 7.86. The number of hydrogen-bond acceptors (Lipinski definition) is 3. The predicted octanol–water partition coefficient (Wildman–Crippen LogP) is 1.81. The lowest BCUT2D eigenvalue weighted by molar-refractivity contribution is -0.148. The third-order valence-corrected chi connectivity index (χ3v) is 2.74. The van der Waals surface area contributed by atoms with E-state index in [0.717, 1.165) is 12.8 Å². The summed E-state index contributed by atoms with van der Waals surface area (Å²) in [6, 6.07) is 10.0. The van der Waals surface area contributed by atoms with E-state index in [-0.39, 0.29) is 11.9 Å². The van der Waals surface area contributed by atoms with Gasteiger partial charge in [-0.15, -0.1) is 0 Å². The van der Waals surface area contributed by atoms with Crippen molar-refractivity contribution in [3.63, 3.8) is 0 Å². The Morgan fingerprint density at radius 3 is 2.88 bits per heavy atom. The molecule has 0 amide bonds. The van der Waals surface area contributed by atoms with Gasteiger partial charge in [0.2, 0.25) is 0 Å². The van der Waals surface area contributed by atoms with Gasteiger partial charge in [-0.05, 0) is 12.0 Å². The van der Waals surface area contributed by atoms with Crippen molar-refractivity contribution in [3.8, 4) is 0 Å². The molecule has 0 radical (unpaired) electrons. The number of carbonyl (C=O) groups excluding carboxylic acids is 1. The molecule has 1 aliphatic heterocycles. The number of hydrogen-bond donors (Lipinski definition) is 0. The van der Waals surface area contributed by atoms with Gasteiger partial charge in [0.1, 0.15) is 0 Å².